The molecular formula is C10H11ClN2OS. The van der Waals surface area contributed by atoms with Gasteiger partial charge in [0.25, 0.3) is 0 Å². The summed E-state index contributed by atoms with van der Waals surface area (Å²) in [6, 6.07) is 5.56. The van der Waals surface area contributed by atoms with Gasteiger partial charge in [-0.15, -0.1) is 11.8 Å². The van der Waals surface area contributed by atoms with E-state index in [0.29, 0.717) is 15.8 Å². The number of nitrogens with two attached hydrogens (primary N) is 1. The van der Waals surface area contributed by atoms with Gasteiger partial charge in [0.1, 0.15) is 5.84 Å². The van der Waals surface area contributed by atoms with Crippen molar-refractivity contribution in [2.45, 2.75) is 10.1 Å². The van der Waals surface area contributed by atoms with Crippen LogP contribution in [0.15, 0.2) is 23.1 Å². The predicted molar refractivity (Wildman–Crippen MR) is 62.9 cm³/mol. The van der Waals surface area contributed by atoms with Crippen LogP contribution in [-0.2, 0) is 4.74 Å². The minimum absolute atomic E-state index is 0.0170. The highest BCUT2D eigenvalue weighted by Crippen LogP contribution is 2.33. The van der Waals surface area contributed by atoms with Gasteiger partial charge in [-0.2, -0.15) is 0 Å². The third-order valence-electron chi connectivity index (χ3n) is 2.15. The van der Waals surface area contributed by atoms with Gasteiger partial charge >= 0.3 is 0 Å². The highest BCUT2D eigenvalue weighted by Gasteiger charge is 2.22. The quantitative estimate of drug-likeness (QED) is 0.631. The molecule has 0 aliphatic carbocycles. The van der Waals surface area contributed by atoms with E-state index in [1.54, 1.807) is 17.8 Å². The van der Waals surface area contributed by atoms with Crippen LogP contribution < -0.4 is 5.73 Å². The van der Waals surface area contributed by atoms with Crippen molar-refractivity contribution in [3.63, 3.8) is 0 Å². The van der Waals surface area contributed by atoms with Gasteiger partial charge in [-0.3, -0.25) is 5.41 Å². The second kappa shape index (κ2) is 4.43. The molecule has 1 saturated heterocycles. The fourth-order valence-corrected chi connectivity index (χ4v) is 2.84. The summed E-state index contributed by atoms with van der Waals surface area (Å²) in [5, 5.41) is 8.48. The summed E-state index contributed by atoms with van der Waals surface area (Å²) in [5.41, 5.74) is 6.14. The Kier molecular flexibility index (Phi) is 3.19. The highest BCUT2D eigenvalue weighted by molar-refractivity contribution is 8.00. The van der Waals surface area contributed by atoms with Crippen molar-refractivity contribution < 1.29 is 4.74 Å². The third kappa shape index (κ3) is 2.27. The molecule has 2 rings (SSSR count). The maximum atomic E-state index is 7.49. The number of hydrogen-bond acceptors (Lipinski definition) is 3. The second-order valence-electron chi connectivity index (χ2n) is 3.30. The zero-order valence-corrected chi connectivity index (χ0v) is 9.57. The van der Waals surface area contributed by atoms with Crippen LogP contribution in [0, 0.1) is 5.41 Å². The number of benzene rings is 1. The van der Waals surface area contributed by atoms with Crippen LogP contribution in [0.3, 0.4) is 0 Å². The van der Waals surface area contributed by atoms with Crippen molar-refractivity contribution in [3.05, 3.63) is 28.8 Å². The fraction of sp³-hybridized carbons (Fsp3) is 0.300. The number of halogens is 1. The summed E-state index contributed by atoms with van der Waals surface area (Å²) in [7, 11) is 0. The molecule has 3 N–H and O–H groups in total. The lowest BCUT2D eigenvalue weighted by molar-refractivity contribution is 0.0455. The molecule has 0 spiro atoms. The molecule has 0 unspecified atom stereocenters. The molecule has 0 atom stereocenters. The number of hydrogen-bond donors (Lipinski definition) is 2. The molecular weight excluding hydrogens is 232 g/mol. The number of rotatable bonds is 3. The van der Waals surface area contributed by atoms with Crippen molar-refractivity contribution in [1.29, 1.82) is 5.41 Å². The predicted octanol–water partition coefficient (Wildman–Crippen LogP) is 2.11. The van der Waals surface area contributed by atoms with Crippen LogP contribution in [0.4, 0.5) is 0 Å². The Morgan fingerprint density at radius 1 is 1.53 bits per heavy atom. The molecule has 80 valence electrons. The summed E-state index contributed by atoms with van der Waals surface area (Å²) in [5.74, 6) is 0.0170. The van der Waals surface area contributed by atoms with E-state index in [0.717, 1.165) is 18.1 Å². The summed E-state index contributed by atoms with van der Waals surface area (Å²) in [4.78, 5) is 0.961. The molecule has 0 radical (unpaired) electrons. The van der Waals surface area contributed by atoms with Gasteiger partial charge in [0.05, 0.1) is 23.5 Å². The summed E-state index contributed by atoms with van der Waals surface area (Å²) in [6.45, 7) is 1.52. The minimum atomic E-state index is 0.0170. The largest absolute Gasteiger partial charge is 0.384 e. The maximum absolute atomic E-state index is 7.49. The van der Waals surface area contributed by atoms with Crippen LogP contribution in [0.1, 0.15) is 5.56 Å². The molecule has 0 saturated carbocycles. The molecule has 0 amide bonds. The average Bonchev–Trinajstić information content (AvgIpc) is 2.10. The molecule has 5 heteroatoms. The van der Waals surface area contributed by atoms with E-state index in [9.17, 15) is 0 Å². The Labute approximate surface area is 97.5 Å². The molecule has 15 heavy (non-hydrogen) atoms. The first-order chi connectivity index (χ1) is 7.18. The van der Waals surface area contributed by atoms with Gasteiger partial charge < -0.3 is 10.5 Å². The van der Waals surface area contributed by atoms with Crippen molar-refractivity contribution >= 4 is 29.2 Å². The number of nitrogen functional groups attached to an aromatic ring is 1. The summed E-state index contributed by atoms with van der Waals surface area (Å²) < 4.78 is 5.10. The Balaban J connectivity index is 2.27. The van der Waals surface area contributed by atoms with E-state index in [1.165, 1.54) is 0 Å². The Morgan fingerprint density at radius 2 is 2.27 bits per heavy atom. The average molecular weight is 243 g/mol. The Morgan fingerprint density at radius 3 is 2.80 bits per heavy atom. The molecule has 1 aromatic rings. The number of ether oxygens (including phenoxy) is 1. The first-order valence-corrected chi connectivity index (χ1v) is 5.81. The highest BCUT2D eigenvalue weighted by atomic mass is 35.5. The van der Waals surface area contributed by atoms with Gasteiger partial charge in [-0.1, -0.05) is 17.7 Å². The topological polar surface area (TPSA) is 59.1 Å². The molecule has 0 aromatic heterocycles. The zero-order chi connectivity index (χ0) is 10.8. The van der Waals surface area contributed by atoms with Crippen molar-refractivity contribution in [2.75, 3.05) is 13.2 Å². The zero-order valence-electron chi connectivity index (χ0n) is 8.00. The number of nitrogens with one attached hydrogen (secondary N) is 1. The summed E-state index contributed by atoms with van der Waals surface area (Å²) >= 11 is 7.67. The van der Waals surface area contributed by atoms with E-state index in [1.807, 2.05) is 12.1 Å². The Bertz CT molecular complexity index is 393. The van der Waals surface area contributed by atoms with E-state index in [-0.39, 0.29) is 5.84 Å². The molecule has 3 nitrogen and oxygen atoms in total. The van der Waals surface area contributed by atoms with Crippen LogP contribution in [-0.4, -0.2) is 24.3 Å². The van der Waals surface area contributed by atoms with E-state index in [4.69, 9.17) is 27.5 Å². The van der Waals surface area contributed by atoms with Gasteiger partial charge in [-0.25, -0.2) is 0 Å². The monoisotopic (exact) mass is 242 g/mol. The molecule has 1 fully saturated rings. The smallest absolute Gasteiger partial charge is 0.125 e. The van der Waals surface area contributed by atoms with Gasteiger partial charge in [0.15, 0.2) is 0 Å². The van der Waals surface area contributed by atoms with E-state index in [2.05, 4.69) is 0 Å². The molecule has 0 bridgehead atoms. The first kappa shape index (κ1) is 10.8. The first-order valence-electron chi connectivity index (χ1n) is 4.56. The van der Waals surface area contributed by atoms with E-state index < -0.39 is 0 Å². The van der Waals surface area contributed by atoms with Crippen molar-refractivity contribution in [1.82, 2.24) is 0 Å². The van der Waals surface area contributed by atoms with Crippen molar-refractivity contribution in [2.24, 2.45) is 5.73 Å². The lowest BCUT2D eigenvalue weighted by Crippen LogP contribution is -2.30. The fourth-order valence-electron chi connectivity index (χ4n) is 1.33. The standard InChI is InChI=1S/C10H11ClN2OS/c11-7-2-1-3-8(9(7)10(12)13)15-6-4-14-5-6/h1-3,6H,4-5H2,(H3,12,13). The van der Waals surface area contributed by atoms with Gasteiger partial charge in [0, 0.05) is 10.5 Å². The lowest BCUT2D eigenvalue weighted by atomic mass is 10.2. The van der Waals surface area contributed by atoms with Crippen LogP contribution in [0.2, 0.25) is 5.02 Å². The van der Waals surface area contributed by atoms with E-state index >= 15 is 0 Å². The lowest BCUT2D eigenvalue weighted by Gasteiger charge is -2.26. The Hall–Kier alpha value is -0.710. The van der Waals surface area contributed by atoms with Gasteiger partial charge in [-0.05, 0) is 12.1 Å². The molecule has 1 heterocycles. The number of thioether (sulfide) groups is 1. The minimum Gasteiger partial charge on any atom is -0.384 e. The van der Waals surface area contributed by atoms with Gasteiger partial charge in [0.2, 0.25) is 0 Å². The van der Waals surface area contributed by atoms with Crippen LogP contribution in [0.25, 0.3) is 0 Å². The third-order valence-corrected chi connectivity index (χ3v) is 3.66. The summed E-state index contributed by atoms with van der Waals surface area (Å²) in [6.07, 6.45) is 0. The van der Waals surface area contributed by atoms with Crippen LogP contribution >= 0.6 is 23.4 Å². The second-order valence-corrected chi connectivity index (χ2v) is 5.05. The van der Waals surface area contributed by atoms with Crippen molar-refractivity contribution in [3.8, 4) is 0 Å². The normalized spacial score (nSPS) is 16.1. The maximum Gasteiger partial charge on any atom is 0.125 e. The SMILES string of the molecule is N=C(N)c1c(Cl)cccc1SC1COC1. The number of amidine groups is 1. The molecule has 1 aliphatic rings. The van der Waals surface area contributed by atoms with Crippen LogP contribution in [0.5, 0.6) is 0 Å². The molecule has 1 aromatic carbocycles. The molecule has 1 aliphatic heterocycles.